The quantitative estimate of drug-likeness (QED) is 0.641. The molecule has 0 bridgehead atoms. The normalized spacial score (nSPS) is 17.4. The van der Waals surface area contributed by atoms with E-state index >= 15 is 0 Å². The van der Waals surface area contributed by atoms with E-state index in [2.05, 4.69) is 0 Å². The van der Waals surface area contributed by atoms with Crippen molar-refractivity contribution in [1.82, 2.24) is 10.2 Å². The molecule has 1 aromatic carbocycles. The van der Waals surface area contributed by atoms with Crippen LogP contribution >= 0.6 is 0 Å². The number of likely N-dealkylation sites (tertiary alicyclic amines) is 1. The molecule has 1 aromatic rings. The number of hydrogen-bond acceptors (Lipinski definition) is 4. The van der Waals surface area contributed by atoms with Gasteiger partial charge in [0.1, 0.15) is 12.6 Å². The fourth-order valence-corrected chi connectivity index (χ4v) is 2.75. The average Bonchev–Trinajstić information content (AvgIpc) is 3.02. The molecular formula is C15H16F3N3O4. The van der Waals surface area contributed by atoms with Gasteiger partial charge in [-0.05, 0) is 12.8 Å². The maximum absolute atomic E-state index is 12.4. The second-order valence-corrected chi connectivity index (χ2v) is 5.64. The van der Waals surface area contributed by atoms with Crippen LogP contribution in [-0.2, 0) is 16.0 Å². The number of rotatable bonds is 5. The van der Waals surface area contributed by atoms with E-state index in [1.165, 1.54) is 23.1 Å². The highest BCUT2D eigenvalue weighted by atomic mass is 19.4. The minimum Gasteiger partial charge on any atom is -0.345 e. The molecule has 1 unspecified atom stereocenters. The standard InChI is InChI=1S/C15H16F3N3O4/c16-15(17,18)9-19-14(23)12-6-3-7-20(12)13(22)8-10-4-1-2-5-11(10)21(24)25/h1-2,4-5,12H,3,6-9H2,(H,19,23). The number of nitro groups is 1. The van der Waals surface area contributed by atoms with Crippen molar-refractivity contribution in [2.45, 2.75) is 31.5 Å². The van der Waals surface area contributed by atoms with Crippen molar-refractivity contribution in [3.63, 3.8) is 0 Å². The number of alkyl halides is 3. The van der Waals surface area contributed by atoms with Crippen LogP contribution < -0.4 is 5.32 Å². The fourth-order valence-electron chi connectivity index (χ4n) is 2.75. The van der Waals surface area contributed by atoms with Crippen molar-refractivity contribution < 1.29 is 27.7 Å². The topological polar surface area (TPSA) is 92.6 Å². The van der Waals surface area contributed by atoms with E-state index < -0.39 is 35.5 Å². The lowest BCUT2D eigenvalue weighted by Gasteiger charge is -2.24. The van der Waals surface area contributed by atoms with E-state index in [1.54, 1.807) is 11.4 Å². The first-order valence-corrected chi connectivity index (χ1v) is 7.55. The van der Waals surface area contributed by atoms with Crippen LogP contribution in [0.15, 0.2) is 24.3 Å². The number of halogens is 3. The number of carbonyl (C=O) groups is 2. The summed E-state index contributed by atoms with van der Waals surface area (Å²) < 4.78 is 36.6. The summed E-state index contributed by atoms with van der Waals surface area (Å²) in [5, 5.41) is 12.8. The van der Waals surface area contributed by atoms with Gasteiger partial charge in [0.2, 0.25) is 11.8 Å². The van der Waals surface area contributed by atoms with Crippen LogP contribution in [0.1, 0.15) is 18.4 Å². The van der Waals surface area contributed by atoms with Gasteiger partial charge >= 0.3 is 6.18 Å². The minimum atomic E-state index is -4.53. The molecule has 2 rings (SSSR count). The summed E-state index contributed by atoms with van der Waals surface area (Å²) in [5.41, 5.74) is -0.0213. The molecule has 136 valence electrons. The number of carbonyl (C=O) groups excluding carboxylic acids is 2. The third-order valence-electron chi connectivity index (χ3n) is 3.87. The SMILES string of the molecule is O=C(NCC(F)(F)F)C1CCCN1C(=O)Cc1ccccc1[N+](=O)[O-]. The zero-order valence-corrected chi connectivity index (χ0v) is 13.1. The van der Waals surface area contributed by atoms with Gasteiger partial charge in [0.25, 0.3) is 5.69 Å². The Morgan fingerprint density at radius 1 is 1.32 bits per heavy atom. The summed E-state index contributed by atoms with van der Waals surface area (Å²) in [5.74, 6) is -1.40. The number of para-hydroxylation sites is 1. The Labute approximate surface area is 140 Å². The molecule has 25 heavy (non-hydrogen) atoms. The van der Waals surface area contributed by atoms with Gasteiger partial charge in [-0.2, -0.15) is 13.2 Å². The van der Waals surface area contributed by atoms with Gasteiger partial charge in [0.15, 0.2) is 0 Å². The monoisotopic (exact) mass is 359 g/mol. The van der Waals surface area contributed by atoms with Crippen molar-refractivity contribution in [3.8, 4) is 0 Å². The number of benzene rings is 1. The number of hydrogen-bond donors (Lipinski definition) is 1. The zero-order chi connectivity index (χ0) is 18.6. The van der Waals surface area contributed by atoms with Crippen LogP contribution in [0.5, 0.6) is 0 Å². The highest BCUT2D eigenvalue weighted by molar-refractivity contribution is 5.89. The van der Waals surface area contributed by atoms with Crippen LogP contribution in [0, 0.1) is 10.1 Å². The summed E-state index contributed by atoms with van der Waals surface area (Å²) in [7, 11) is 0. The Morgan fingerprint density at radius 2 is 2.00 bits per heavy atom. The smallest absolute Gasteiger partial charge is 0.345 e. The van der Waals surface area contributed by atoms with Crippen LogP contribution in [0.4, 0.5) is 18.9 Å². The predicted octanol–water partition coefficient (Wildman–Crippen LogP) is 1.81. The molecule has 0 spiro atoms. The molecule has 2 amide bonds. The molecule has 0 aliphatic carbocycles. The van der Waals surface area contributed by atoms with Crippen molar-refractivity contribution in [1.29, 1.82) is 0 Å². The Bertz CT molecular complexity index is 678. The zero-order valence-electron chi connectivity index (χ0n) is 13.1. The highest BCUT2D eigenvalue weighted by Crippen LogP contribution is 2.23. The van der Waals surface area contributed by atoms with Gasteiger partial charge in [0, 0.05) is 18.2 Å². The second-order valence-electron chi connectivity index (χ2n) is 5.64. The van der Waals surface area contributed by atoms with Crippen molar-refractivity contribution in [2.75, 3.05) is 13.1 Å². The van der Waals surface area contributed by atoms with E-state index in [0.29, 0.717) is 6.42 Å². The van der Waals surface area contributed by atoms with Gasteiger partial charge in [-0.15, -0.1) is 0 Å². The first-order valence-electron chi connectivity index (χ1n) is 7.55. The van der Waals surface area contributed by atoms with Crippen molar-refractivity contribution >= 4 is 17.5 Å². The molecule has 0 aromatic heterocycles. The van der Waals surface area contributed by atoms with Crippen LogP contribution in [0.3, 0.4) is 0 Å². The maximum atomic E-state index is 12.4. The molecule has 1 aliphatic heterocycles. The maximum Gasteiger partial charge on any atom is 0.405 e. The van der Waals surface area contributed by atoms with E-state index in [4.69, 9.17) is 0 Å². The lowest BCUT2D eigenvalue weighted by Crippen LogP contribution is -2.48. The molecule has 1 fully saturated rings. The first-order chi connectivity index (χ1) is 11.7. The third-order valence-corrected chi connectivity index (χ3v) is 3.87. The molecule has 0 radical (unpaired) electrons. The Kier molecular flexibility index (Phi) is 5.60. The predicted molar refractivity (Wildman–Crippen MR) is 80.6 cm³/mol. The molecular weight excluding hydrogens is 343 g/mol. The molecule has 1 atom stereocenters. The van der Waals surface area contributed by atoms with Gasteiger partial charge in [-0.25, -0.2) is 0 Å². The average molecular weight is 359 g/mol. The number of nitrogens with zero attached hydrogens (tertiary/aromatic N) is 2. The number of nitro benzene ring substituents is 1. The Balaban J connectivity index is 2.06. The molecule has 1 N–H and O–H groups in total. The molecule has 1 heterocycles. The summed E-state index contributed by atoms with van der Waals surface area (Å²) in [4.78, 5) is 35.9. The first kappa shape index (κ1) is 18.7. The lowest BCUT2D eigenvalue weighted by molar-refractivity contribution is -0.385. The van der Waals surface area contributed by atoms with E-state index in [9.17, 15) is 32.9 Å². The molecule has 1 aliphatic rings. The van der Waals surface area contributed by atoms with Gasteiger partial charge in [0.05, 0.1) is 11.3 Å². The van der Waals surface area contributed by atoms with Gasteiger partial charge in [-0.3, -0.25) is 19.7 Å². The summed E-state index contributed by atoms with van der Waals surface area (Å²) in [6.45, 7) is -1.24. The lowest BCUT2D eigenvalue weighted by atomic mass is 10.1. The molecule has 0 saturated carbocycles. The summed E-state index contributed by atoms with van der Waals surface area (Å²) >= 11 is 0. The van der Waals surface area contributed by atoms with Crippen LogP contribution in [0.25, 0.3) is 0 Å². The van der Waals surface area contributed by atoms with Gasteiger partial charge < -0.3 is 10.2 Å². The number of amides is 2. The van der Waals surface area contributed by atoms with Crippen LogP contribution in [-0.4, -0.2) is 46.9 Å². The van der Waals surface area contributed by atoms with Crippen LogP contribution in [0.2, 0.25) is 0 Å². The number of nitrogens with one attached hydrogen (secondary N) is 1. The Hall–Kier alpha value is -2.65. The van der Waals surface area contributed by atoms with E-state index in [0.717, 1.165) is 0 Å². The minimum absolute atomic E-state index is 0.193. The highest BCUT2D eigenvalue weighted by Gasteiger charge is 2.36. The molecule has 7 nitrogen and oxygen atoms in total. The largest absolute Gasteiger partial charge is 0.405 e. The summed E-state index contributed by atoms with van der Waals surface area (Å²) in [6, 6.07) is 4.73. The summed E-state index contributed by atoms with van der Waals surface area (Å²) in [6.07, 6.45) is -4.09. The van der Waals surface area contributed by atoms with Crippen molar-refractivity contribution in [3.05, 3.63) is 39.9 Å². The molecule has 1 saturated heterocycles. The van der Waals surface area contributed by atoms with Crippen molar-refractivity contribution in [2.24, 2.45) is 0 Å². The van der Waals surface area contributed by atoms with E-state index in [-0.39, 0.29) is 30.6 Å². The molecule has 10 heteroatoms. The fraction of sp³-hybridized carbons (Fsp3) is 0.467. The van der Waals surface area contributed by atoms with E-state index in [1.807, 2.05) is 0 Å². The Morgan fingerprint density at radius 3 is 2.64 bits per heavy atom. The second kappa shape index (κ2) is 7.49. The third kappa shape index (κ3) is 4.91. The van der Waals surface area contributed by atoms with Gasteiger partial charge in [-0.1, -0.05) is 18.2 Å².